The molecule has 0 aliphatic carbocycles. The lowest BCUT2D eigenvalue weighted by Gasteiger charge is -2.21. The van der Waals surface area contributed by atoms with E-state index in [1.54, 1.807) is 11.8 Å². The van der Waals surface area contributed by atoms with E-state index in [0.717, 1.165) is 28.6 Å². The summed E-state index contributed by atoms with van der Waals surface area (Å²) in [5.74, 6) is 1.50. The molecule has 0 radical (unpaired) electrons. The highest BCUT2D eigenvalue weighted by atomic mass is 32.2. The molecule has 0 bridgehead atoms. The van der Waals surface area contributed by atoms with Gasteiger partial charge in [0.25, 0.3) is 5.91 Å². The number of carbonyl (C=O) groups is 1. The van der Waals surface area contributed by atoms with Crippen LogP contribution in [0.25, 0.3) is 10.9 Å². The van der Waals surface area contributed by atoms with E-state index in [4.69, 9.17) is 0 Å². The van der Waals surface area contributed by atoms with Gasteiger partial charge in [-0.1, -0.05) is 11.6 Å². The molecular formula is C16H20N2O2S. The van der Waals surface area contributed by atoms with E-state index >= 15 is 0 Å². The predicted octanol–water partition coefficient (Wildman–Crippen LogP) is 2.38. The van der Waals surface area contributed by atoms with Crippen LogP contribution in [0.3, 0.4) is 0 Å². The third-order valence-corrected chi connectivity index (χ3v) is 5.34. The normalized spacial score (nSPS) is 21.9. The Morgan fingerprint density at radius 2 is 2.29 bits per heavy atom. The Balaban J connectivity index is 1.80. The molecule has 1 amide bonds. The van der Waals surface area contributed by atoms with Crippen LogP contribution in [-0.2, 0) is 0 Å². The van der Waals surface area contributed by atoms with E-state index in [1.165, 1.54) is 5.56 Å². The maximum Gasteiger partial charge on any atom is 0.268 e. The van der Waals surface area contributed by atoms with E-state index in [9.17, 15) is 9.90 Å². The van der Waals surface area contributed by atoms with Crippen LogP contribution in [0.5, 0.6) is 0 Å². The minimum atomic E-state index is -0.753. The summed E-state index contributed by atoms with van der Waals surface area (Å²) >= 11 is 1.73. The highest BCUT2D eigenvalue weighted by molar-refractivity contribution is 7.99. The fourth-order valence-electron chi connectivity index (χ4n) is 2.74. The number of rotatable bonds is 3. The second kappa shape index (κ2) is 5.39. The van der Waals surface area contributed by atoms with Gasteiger partial charge in [0.05, 0.1) is 5.60 Å². The van der Waals surface area contributed by atoms with Gasteiger partial charge in [-0.05, 0) is 43.7 Å². The molecule has 0 saturated carbocycles. The number of aryl methyl sites for hydroxylation is 2. The van der Waals surface area contributed by atoms with Crippen molar-refractivity contribution in [2.75, 3.05) is 18.1 Å². The molecule has 0 spiro atoms. The van der Waals surface area contributed by atoms with Gasteiger partial charge in [0, 0.05) is 23.2 Å². The number of hydrogen-bond donors (Lipinski definition) is 3. The number of amides is 1. The lowest BCUT2D eigenvalue weighted by Crippen LogP contribution is -2.43. The van der Waals surface area contributed by atoms with Crippen molar-refractivity contribution in [3.05, 3.63) is 35.0 Å². The first-order valence-electron chi connectivity index (χ1n) is 7.16. The number of carbonyl (C=O) groups excluding carboxylic acids is 1. The zero-order valence-electron chi connectivity index (χ0n) is 12.3. The van der Waals surface area contributed by atoms with Crippen molar-refractivity contribution in [2.45, 2.75) is 25.9 Å². The molecule has 5 heteroatoms. The summed E-state index contributed by atoms with van der Waals surface area (Å²) < 4.78 is 0. The monoisotopic (exact) mass is 304 g/mol. The van der Waals surface area contributed by atoms with Gasteiger partial charge < -0.3 is 15.4 Å². The molecular weight excluding hydrogens is 284 g/mol. The van der Waals surface area contributed by atoms with E-state index < -0.39 is 5.60 Å². The number of benzene rings is 1. The number of thioether (sulfide) groups is 1. The molecule has 1 fully saturated rings. The smallest absolute Gasteiger partial charge is 0.268 e. The van der Waals surface area contributed by atoms with Crippen LogP contribution in [0.15, 0.2) is 18.2 Å². The largest absolute Gasteiger partial charge is 0.387 e. The van der Waals surface area contributed by atoms with Gasteiger partial charge >= 0.3 is 0 Å². The molecule has 1 aliphatic rings. The molecule has 1 aliphatic heterocycles. The van der Waals surface area contributed by atoms with Gasteiger partial charge in [-0.15, -0.1) is 0 Å². The van der Waals surface area contributed by atoms with Crippen LogP contribution in [0.4, 0.5) is 0 Å². The quantitative estimate of drug-likeness (QED) is 0.816. The number of nitrogens with one attached hydrogen (secondary N) is 2. The Bertz CT molecular complexity index is 687. The SMILES string of the molecule is Cc1ccc2[nH]c(C(=O)NCC3(O)CCSC3)c(C)c2c1. The number of aromatic nitrogens is 1. The van der Waals surface area contributed by atoms with E-state index in [-0.39, 0.29) is 5.91 Å². The Morgan fingerprint density at radius 1 is 1.48 bits per heavy atom. The van der Waals surface area contributed by atoms with Gasteiger partial charge in [-0.3, -0.25) is 4.79 Å². The number of fused-ring (bicyclic) bond motifs is 1. The van der Waals surface area contributed by atoms with Gasteiger partial charge in [0.15, 0.2) is 0 Å². The first-order chi connectivity index (χ1) is 9.98. The molecule has 2 aromatic rings. The summed E-state index contributed by atoms with van der Waals surface area (Å²) in [6.45, 7) is 4.30. The third kappa shape index (κ3) is 2.80. The molecule has 3 N–H and O–H groups in total. The summed E-state index contributed by atoms with van der Waals surface area (Å²) in [6.07, 6.45) is 0.739. The first-order valence-corrected chi connectivity index (χ1v) is 8.31. The maximum absolute atomic E-state index is 12.4. The van der Waals surface area contributed by atoms with Crippen LogP contribution >= 0.6 is 11.8 Å². The van der Waals surface area contributed by atoms with Crippen molar-refractivity contribution >= 4 is 28.6 Å². The predicted molar refractivity (Wildman–Crippen MR) is 87.0 cm³/mol. The summed E-state index contributed by atoms with van der Waals surface area (Å²) in [6, 6.07) is 6.10. The fraction of sp³-hybridized carbons (Fsp3) is 0.438. The van der Waals surface area contributed by atoms with E-state index in [2.05, 4.69) is 16.4 Å². The van der Waals surface area contributed by atoms with Crippen LogP contribution in [0.1, 0.15) is 28.0 Å². The molecule has 112 valence electrons. The van der Waals surface area contributed by atoms with Crippen molar-refractivity contribution in [1.82, 2.24) is 10.3 Å². The summed E-state index contributed by atoms with van der Waals surface area (Å²) in [5, 5.41) is 14.2. The Labute approximate surface area is 128 Å². The fourth-order valence-corrected chi connectivity index (χ4v) is 4.03. The Hall–Kier alpha value is -1.46. The van der Waals surface area contributed by atoms with Gasteiger partial charge in [0.1, 0.15) is 5.69 Å². The molecule has 1 atom stereocenters. The first kappa shape index (κ1) is 14.5. The Morgan fingerprint density at radius 3 is 3.00 bits per heavy atom. The second-order valence-corrected chi connectivity index (χ2v) is 6.99. The molecule has 1 aromatic heterocycles. The van der Waals surface area contributed by atoms with Crippen LogP contribution in [-0.4, -0.2) is 39.6 Å². The lowest BCUT2D eigenvalue weighted by molar-refractivity contribution is 0.0611. The Kier molecular flexibility index (Phi) is 3.71. The number of aliphatic hydroxyl groups is 1. The molecule has 2 heterocycles. The summed E-state index contributed by atoms with van der Waals surface area (Å²) in [7, 11) is 0. The second-order valence-electron chi connectivity index (χ2n) is 5.88. The van der Waals surface area contributed by atoms with Crippen molar-refractivity contribution in [3.63, 3.8) is 0 Å². The third-order valence-electron chi connectivity index (χ3n) is 4.10. The van der Waals surface area contributed by atoms with Gasteiger partial charge in [0.2, 0.25) is 0 Å². The van der Waals surface area contributed by atoms with Crippen molar-refractivity contribution in [3.8, 4) is 0 Å². The topological polar surface area (TPSA) is 65.1 Å². The van der Waals surface area contributed by atoms with Crippen LogP contribution in [0, 0.1) is 13.8 Å². The van der Waals surface area contributed by atoms with E-state index in [1.807, 2.05) is 26.0 Å². The number of aromatic amines is 1. The lowest BCUT2D eigenvalue weighted by atomic mass is 10.0. The molecule has 4 nitrogen and oxygen atoms in total. The van der Waals surface area contributed by atoms with Crippen molar-refractivity contribution in [1.29, 1.82) is 0 Å². The average Bonchev–Trinajstić information content (AvgIpc) is 3.02. The molecule has 3 rings (SSSR count). The minimum absolute atomic E-state index is 0.147. The van der Waals surface area contributed by atoms with E-state index in [0.29, 0.717) is 18.0 Å². The molecule has 1 saturated heterocycles. The number of H-pyrrole nitrogens is 1. The number of hydrogen-bond acceptors (Lipinski definition) is 3. The van der Waals surface area contributed by atoms with Crippen molar-refractivity contribution in [2.24, 2.45) is 0 Å². The standard InChI is InChI=1S/C16H20N2O2S/c1-10-3-4-13-12(7-10)11(2)14(18-13)15(19)17-8-16(20)5-6-21-9-16/h3-4,7,18,20H,5-6,8-9H2,1-2H3,(H,17,19). The summed E-state index contributed by atoms with van der Waals surface area (Å²) in [4.78, 5) is 15.5. The highest BCUT2D eigenvalue weighted by Crippen LogP contribution is 2.27. The minimum Gasteiger partial charge on any atom is -0.387 e. The molecule has 1 aromatic carbocycles. The summed E-state index contributed by atoms with van der Waals surface area (Å²) in [5.41, 5.74) is 2.94. The maximum atomic E-state index is 12.4. The van der Waals surface area contributed by atoms with Gasteiger partial charge in [-0.25, -0.2) is 0 Å². The highest BCUT2D eigenvalue weighted by Gasteiger charge is 2.32. The van der Waals surface area contributed by atoms with Crippen LogP contribution in [0.2, 0.25) is 0 Å². The van der Waals surface area contributed by atoms with Crippen LogP contribution < -0.4 is 5.32 Å². The zero-order valence-corrected chi connectivity index (χ0v) is 13.1. The molecule has 1 unspecified atom stereocenters. The zero-order chi connectivity index (χ0) is 15.0. The average molecular weight is 304 g/mol. The van der Waals surface area contributed by atoms with Crippen molar-refractivity contribution < 1.29 is 9.90 Å². The van der Waals surface area contributed by atoms with Gasteiger partial charge in [-0.2, -0.15) is 11.8 Å². The molecule has 21 heavy (non-hydrogen) atoms.